The lowest BCUT2D eigenvalue weighted by molar-refractivity contribution is 0.398. The van der Waals surface area contributed by atoms with Gasteiger partial charge in [0.15, 0.2) is 0 Å². The summed E-state index contributed by atoms with van der Waals surface area (Å²) >= 11 is 0. The number of rotatable bonds is 3. The quantitative estimate of drug-likeness (QED) is 0.871. The molecule has 1 N–H and O–H groups in total. The Bertz CT molecular complexity index is 750. The van der Waals surface area contributed by atoms with Crippen LogP contribution in [0.1, 0.15) is 5.56 Å². The van der Waals surface area contributed by atoms with E-state index < -0.39 is 0 Å². The maximum Gasteiger partial charge on any atom is 0.212 e. The summed E-state index contributed by atoms with van der Waals surface area (Å²) in [6, 6.07) is 12.0. The minimum Gasteiger partial charge on any atom is -0.507 e. The number of nitriles is 2. The lowest BCUT2D eigenvalue weighted by atomic mass is 10.0. The van der Waals surface area contributed by atoms with Crippen LogP contribution in [0.15, 0.2) is 42.1 Å². The van der Waals surface area contributed by atoms with Crippen molar-refractivity contribution in [3.63, 3.8) is 0 Å². The van der Waals surface area contributed by atoms with Gasteiger partial charge in [-0.15, -0.1) is 0 Å². The van der Waals surface area contributed by atoms with Crippen LogP contribution in [0.4, 0.5) is 0 Å². The zero-order valence-electron chi connectivity index (χ0n) is 11.2. The Morgan fingerprint density at radius 3 is 2.48 bits per heavy atom. The number of benzene rings is 1. The average Bonchev–Trinajstić information content (AvgIpc) is 2.54. The van der Waals surface area contributed by atoms with Crippen molar-refractivity contribution in [2.75, 3.05) is 7.11 Å². The van der Waals surface area contributed by atoms with Crippen LogP contribution in [0.2, 0.25) is 0 Å². The molecule has 0 spiro atoms. The number of aromatic hydroxyl groups is 1. The molecule has 0 fully saturated rings. The maximum absolute atomic E-state index is 9.80. The summed E-state index contributed by atoms with van der Waals surface area (Å²) in [7, 11) is 1.54. The van der Waals surface area contributed by atoms with Gasteiger partial charge in [-0.3, -0.25) is 0 Å². The van der Waals surface area contributed by atoms with E-state index in [9.17, 15) is 5.11 Å². The van der Waals surface area contributed by atoms with E-state index >= 15 is 0 Å². The smallest absolute Gasteiger partial charge is 0.212 e. The van der Waals surface area contributed by atoms with E-state index in [1.54, 1.807) is 36.5 Å². The van der Waals surface area contributed by atoms with Crippen LogP contribution in [0, 0.1) is 22.7 Å². The number of hydrogen-bond acceptors (Lipinski definition) is 5. The first-order valence-electron chi connectivity index (χ1n) is 6.03. The molecule has 1 aromatic heterocycles. The number of hydrogen-bond donors (Lipinski definition) is 1. The number of allylic oxidation sites excluding steroid dienone is 1. The minimum absolute atomic E-state index is 0.00298. The molecule has 21 heavy (non-hydrogen) atoms. The second kappa shape index (κ2) is 6.23. The zero-order valence-corrected chi connectivity index (χ0v) is 11.2. The summed E-state index contributed by atoms with van der Waals surface area (Å²) in [5, 5.41) is 27.4. The van der Waals surface area contributed by atoms with Gasteiger partial charge in [0.1, 0.15) is 23.5 Å². The van der Waals surface area contributed by atoms with Crippen LogP contribution in [-0.2, 0) is 0 Å². The fourth-order valence-corrected chi connectivity index (χ4v) is 1.77. The van der Waals surface area contributed by atoms with Crippen LogP contribution in [0.5, 0.6) is 11.6 Å². The average molecular weight is 277 g/mol. The standard InChI is InChI=1S/C16H11N3O2/c1-21-16-5-3-13(10-19-16)12-2-4-15(20)14(7-12)6-11(8-17)9-18/h2-7,10,20H,1H3. The largest absolute Gasteiger partial charge is 0.507 e. The third-order valence-corrected chi connectivity index (χ3v) is 2.85. The van der Waals surface area contributed by atoms with E-state index in [2.05, 4.69) is 4.98 Å². The van der Waals surface area contributed by atoms with E-state index in [4.69, 9.17) is 15.3 Å². The summed E-state index contributed by atoms with van der Waals surface area (Å²) in [5.74, 6) is 0.511. The fraction of sp³-hybridized carbons (Fsp3) is 0.0625. The molecule has 0 bridgehead atoms. The molecule has 5 heteroatoms. The molecule has 0 unspecified atom stereocenters. The van der Waals surface area contributed by atoms with Crippen molar-refractivity contribution < 1.29 is 9.84 Å². The van der Waals surface area contributed by atoms with Crippen molar-refractivity contribution in [1.82, 2.24) is 4.98 Å². The molecule has 0 aliphatic carbocycles. The molecule has 0 radical (unpaired) electrons. The molecule has 2 aromatic rings. The summed E-state index contributed by atoms with van der Waals surface area (Å²) < 4.78 is 5.00. The second-order valence-corrected chi connectivity index (χ2v) is 4.14. The molecule has 1 aromatic carbocycles. The highest BCUT2D eigenvalue weighted by Gasteiger charge is 2.05. The monoisotopic (exact) mass is 277 g/mol. The third kappa shape index (κ3) is 3.17. The lowest BCUT2D eigenvalue weighted by Crippen LogP contribution is -1.88. The molecule has 0 aliphatic heterocycles. The predicted molar refractivity (Wildman–Crippen MR) is 77.1 cm³/mol. The second-order valence-electron chi connectivity index (χ2n) is 4.14. The molecular formula is C16H11N3O2. The molecule has 0 amide bonds. The van der Waals surface area contributed by atoms with E-state index in [0.717, 1.165) is 11.1 Å². The normalized spacial score (nSPS) is 9.29. The number of methoxy groups -OCH3 is 1. The highest BCUT2D eigenvalue weighted by atomic mass is 16.5. The summed E-state index contributed by atoms with van der Waals surface area (Å²) in [5.41, 5.74) is 1.97. The number of nitrogens with zero attached hydrogens (tertiary/aromatic N) is 3. The van der Waals surface area contributed by atoms with Gasteiger partial charge in [-0.1, -0.05) is 6.07 Å². The lowest BCUT2D eigenvalue weighted by Gasteiger charge is -2.06. The first kappa shape index (κ1) is 14.1. The first-order chi connectivity index (χ1) is 10.2. The third-order valence-electron chi connectivity index (χ3n) is 2.85. The van der Waals surface area contributed by atoms with Crippen molar-refractivity contribution in [1.29, 1.82) is 10.5 Å². The van der Waals surface area contributed by atoms with E-state index in [0.29, 0.717) is 11.4 Å². The molecule has 0 aliphatic rings. The van der Waals surface area contributed by atoms with Gasteiger partial charge in [0, 0.05) is 23.4 Å². The fourth-order valence-electron chi connectivity index (χ4n) is 1.77. The van der Waals surface area contributed by atoms with Gasteiger partial charge in [0.2, 0.25) is 5.88 Å². The molecule has 5 nitrogen and oxygen atoms in total. The van der Waals surface area contributed by atoms with Crippen molar-refractivity contribution in [2.24, 2.45) is 0 Å². The Morgan fingerprint density at radius 1 is 1.19 bits per heavy atom. The van der Waals surface area contributed by atoms with Crippen molar-refractivity contribution >= 4 is 6.08 Å². The van der Waals surface area contributed by atoms with Gasteiger partial charge in [0.05, 0.1) is 7.11 Å². The van der Waals surface area contributed by atoms with Gasteiger partial charge >= 0.3 is 0 Å². The number of phenolic OH excluding ortho intramolecular Hbond substituents is 1. The molecule has 0 saturated heterocycles. The van der Waals surface area contributed by atoms with Gasteiger partial charge in [0.25, 0.3) is 0 Å². The Hall–Kier alpha value is -3.31. The predicted octanol–water partition coefficient (Wildman–Crippen LogP) is 2.89. The zero-order chi connectivity index (χ0) is 15.2. The van der Waals surface area contributed by atoms with Crippen LogP contribution >= 0.6 is 0 Å². The van der Waals surface area contributed by atoms with Gasteiger partial charge < -0.3 is 9.84 Å². The van der Waals surface area contributed by atoms with Crippen molar-refractivity contribution in [2.45, 2.75) is 0 Å². The van der Waals surface area contributed by atoms with E-state index in [1.807, 2.05) is 6.07 Å². The molecule has 102 valence electrons. The van der Waals surface area contributed by atoms with E-state index in [-0.39, 0.29) is 11.3 Å². The molecule has 0 atom stereocenters. The minimum atomic E-state index is -0.0738. The summed E-state index contributed by atoms with van der Waals surface area (Å²) in [6.07, 6.45) is 2.99. The van der Waals surface area contributed by atoms with Crippen LogP contribution in [0.3, 0.4) is 0 Å². The first-order valence-corrected chi connectivity index (χ1v) is 6.03. The maximum atomic E-state index is 9.80. The Balaban J connectivity index is 2.45. The Kier molecular flexibility index (Phi) is 4.18. The summed E-state index contributed by atoms with van der Waals surface area (Å²) in [4.78, 5) is 4.11. The van der Waals surface area contributed by atoms with Crippen molar-refractivity contribution in [3.05, 3.63) is 47.7 Å². The number of pyridine rings is 1. The Labute approximate surface area is 122 Å². The number of phenols is 1. The molecule has 1 heterocycles. The summed E-state index contributed by atoms with van der Waals surface area (Å²) in [6.45, 7) is 0. The van der Waals surface area contributed by atoms with Gasteiger partial charge in [-0.2, -0.15) is 10.5 Å². The van der Waals surface area contributed by atoms with Gasteiger partial charge in [-0.25, -0.2) is 4.98 Å². The van der Waals surface area contributed by atoms with E-state index in [1.165, 1.54) is 19.3 Å². The number of ether oxygens (including phenoxy) is 1. The SMILES string of the molecule is COc1ccc(-c2ccc(O)c(C=C(C#N)C#N)c2)cn1. The Morgan fingerprint density at radius 2 is 1.90 bits per heavy atom. The van der Waals surface area contributed by atoms with Crippen molar-refractivity contribution in [3.8, 4) is 34.9 Å². The number of aromatic nitrogens is 1. The van der Waals surface area contributed by atoms with Crippen LogP contribution in [0.25, 0.3) is 17.2 Å². The molecular weight excluding hydrogens is 266 g/mol. The van der Waals surface area contributed by atoms with Crippen LogP contribution < -0.4 is 4.74 Å². The topological polar surface area (TPSA) is 89.9 Å². The highest BCUT2D eigenvalue weighted by molar-refractivity contribution is 5.73. The van der Waals surface area contributed by atoms with Crippen LogP contribution in [-0.4, -0.2) is 17.2 Å². The van der Waals surface area contributed by atoms with Gasteiger partial charge in [-0.05, 0) is 29.8 Å². The molecule has 0 saturated carbocycles. The molecule has 2 rings (SSSR count). The highest BCUT2D eigenvalue weighted by Crippen LogP contribution is 2.27.